The largest absolute Gasteiger partial charge is 0.465 e. The van der Waals surface area contributed by atoms with Crippen LogP contribution in [-0.4, -0.2) is 22.1 Å². The molecule has 2 aliphatic rings. The van der Waals surface area contributed by atoms with Crippen molar-refractivity contribution in [3.05, 3.63) is 29.0 Å². The summed E-state index contributed by atoms with van der Waals surface area (Å²) in [5.41, 5.74) is 1.30. The van der Waals surface area contributed by atoms with Crippen LogP contribution in [0.1, 0.15) is 44.5 Å². The van der Waals surface area contributed by atoms with E-state index < -0.39 is 5.41 Å². The lowest BCUT2D eigenvalue weighted by Crippen LogP contribution is -2.27. The monoisotopic (exact) mass is 304 g/mol. The summed E-state index contributed by atoms with van der Waals surface area (Å²) in [5.74, 6) is 0.713. The molecule has 1 aromatic heterocycles. The Labute approximate surface area is 128 Å². The van der Waals surface area contributed by atoms with Crippen LogP contribution in [0.25, 0.3) is 11.0 Å². The van der Waals surface area contributed by atoms with E-state index in [4.69, 9.17) is 21.3 Å². The van der Waals surface area contributed by atoms with Gasteiger partial charge in [0.1, 0.15) is 11.2 Å². The van der Waals surface area contributed by atoms with Gasteiger partial charge in [-0.2, -0.15) is 0 Å². The molecule has 2 aromatic rings. The molecule has 0 spiro atoms. The number of fused-ring (bicyclic) bond motifs is 1. The van der Waals surface area contributed by atoms with Gasteiger partial charge in [-0.15, -0.1) is 0 Å². The van der Waals surface area contributed by atoms with Crippen LogP contribution in [0.2, 0.25) is 5.02 Å². The van der Waals surface area contributed by atoms with Crippen molar-refractivity contribution >= 4 is 28.6 Å². The molecule has 0 N–H and O–H groups in total. The Kier molecular flexibility index (Phi) is 2.80. The highest BCUT2D eigenvalue weighted by atomic mass is 35.5. The molecule has 0 radical (unpaired) electrons. The fourth-order valence-corrected chi connectivity index (χ4v) is 3.31. The predicted molar refractivity (Wildman–Crippen MR) is 80.6 cm³/mol. The maximum absolute atomic E-state index is 12.4. The first-order valence-electron chi connectivity index (χ1n) is 7.51. The Morgan fingerprint density at radius 1 is 1.48 bits per heavy atom. The van der Waals surface area contributed by atoms with Crippen molar-refractivity contribution in [1.82, 2.24) is 9.55 Å². The molecule has 21 heavy (non-hydrogen) atoms. The van der Waals surface area contributed by atoms with Crippen LogP contribution in [0.4, 0.5) is 0 Å². The molecule has 110 valence electrons. The van der Waals surface area contributed by atoms with Crippen LogP contribution >= 0.6 is 11.6 Å². The van der Waals surface area contributed by atoms with E-state index in [-0.39, 0.29) is 5.97 Å². The zero-order valence-corrected chi connectivity index (χ0v) is 12.7. The Balaban J connectivity index is 1.91. The number of hydrogen-bond donors (Lipinski definition) is 0. The quantitative estimate of drug-likeness (QED) is 0.810. The third kappa shape index (κ3) is 1.89. The maximum atomic E-state index is 12.4. The highest BCUT2D eigenvalue weighted by Gasteiger charge is 2.57. The van der Waals surface area contributed by atoms with E-state index in [1.54, 1.807) is 0 Å². The molecule has 0 saturated heterocycles. The number of imidazole rings is 1. The van der Waals surface area contributed by atoms with Gasteiger partial charge >= 0.3 is 5.97 Å². The Bertz CT molecular complexity index is 729. The van der Waals surface area contributed by atoms with Crippen molar-refractivity contribution in [1.29, 1.82) is 0 Å². The molecule has 0 atom stereocenters. The van der Waals surface area contributed by atoms with Crippen molar-refractivity contribution in [3.8, 4) is 0 Å². The molecule has 0 amide bonds. The summed E-state index contributed by atoms with van der Waals surface area (Å²) in [7, 11) is 0. The topological polar surface area (TPSA) is 44.1 Å². The van der Waals surface area contributed by atoms with Gasteiger partial charge in [0.2, 0.25) is 0 Å². The zero-order chi connectivity index (χ0) is 14.6. The number of benzene rings is 1. The number of para-hydroxylation sites is 1. The van der Waals surface area contributed by atoms with Crippen molar-refractivity contribution in [3.63, 3.8) is 0 Å². The van der Waals surface area contributed by atoms with Crippen LogP contribution in [0.3, 0.4) is 0 Å². The molecule has 0 unspecified atom stereocenters. The smallest absolute Gasteiger partial charge is 0.319 e. The molecular weight excluding hydrogens is 288 g/mol. The molecule has 2 aliphatic carbocycles. The third-order valence-corrected chi connectivity index (χ3v) is 4.72. The minimum absolute atomic E-state index is 0.140. The predicted octanol–water partition coefficient (Wildman–Crippen LogP) is 3.62. The fraction of sp³-hybridized carbons (Fsp3) is 0.500. The normalized spacial score (nSPS) is 19.7. The molecule has 0 aliphatic heterocycles. The van der Waals surface area contributed by atoms with Crippen LogP contribution in [0.5, 0.6) is 0 Å². The first kappa shape index (κ1) is 13.1. The molecule has 1 aromatic carbocycles. The van der Waals surface area contributed by atoms with E-state index in [0.717, 1.165) is 42.5 Å². The van der Waals surface area contributed by atoms with E-state index in [1.807, 2.05) is 25.1 Å². The molecule has 2 fully saturated rings. The number of rotatable bonds is 4. The van der Waals surface area contributed by atoms with E-state index in [9.17, 15) is 4.79 Å². The van der Waals surface area contributed by atoms with Crippen molar-refractivity contribution in [2.24, 2.45) is 0 Å². The number of aromatic nitrogens is 2. The van der Waals surface area contributed by atoms with Gasteiger partial charge in [-0.3, -0.25) is 4.79 Å². The molecular formula is C16H17ClN2O2. The van der Waals surface area contributed by atoms with Gasteiger partial charge in [-0.05, 0) is 44.7 Å². The second-order valence-corrected chi connectivity index (χ2v) is 6.35. The van der Waals surface area contributed by atoms with Gasteiger partial charge in [0.25, 0.3) is 0 Å². The lowest BCUT2D eigenvalue weighted by Gasteiger charge is -2.16. The van der Waals surface area contributed by atoms with Crippen molar-refractivity contribution in [2.75, 3.05) is 6.61 Å². The van der Waals surface area contributed by atoms with Crippen molar-refractivity contribution < 1.29 is 9.53 Å². The summed E-state index contributed by atoms with van der Waals surface area (Å²) in [6.45, 7) is 2.25. The molecule has 1 heterocycles. The van der Waals surface area contributed by atoms with Crippen LogP contribution in [0.15, 0.2) is 18.2 Å². The van der Waals surface area contributed by atoms with Gasteiger partial charge in [0.15, 0.2) is 0 Å². The number of carbonyl (C=O) groups is 1. The Morgan fingerprint density at radius 2 is 2.24 bits per heavy atom. The molecule has 5 heteroatoms. The van der Waals surface area contributed by atoms with Gasteiger partial charge in [-0.1, -0.05) is 17.7 Å². The molecule has 4 rings (SSSR count). The highest BCUT2D eigenvalue weighted by molar-refractivity contribution is 6.35. The average molecular weight is 305 g/mol. The summed E-state index contributed by atoms with van der Waals surface area (Å²) < 4.78 is 7.48. The zero-order valence-electron chi connectivity index (χ0n) is 11.9. The average Bonchev–Trinajstić information content (AvgIpc) is 3.37. The fourth-order valence-electron chi connectivity index (χ4n) is 3.05. The lowest BCUT2D eigenvalue weighted by molar-refractivity contribution is -0.146. The van der Waals surface area contributed by atoms with E-state index in [1.165, 1.54) is 0 Å². The van der Waals surface area contributed by atoms with E-state index in [2.05, 4.69) is 4.57 Å². The number of hydrogen-bond acceptors (Lipinski definition) is 3. The minimum atomic E-state index is -0.541. The summed E-state index contributed by atoms with van der Waals surface area (Å²) >= 11 is 6.38. The van der Waals surface area contributed by atoms with E-state index >= 15 is 0 Å². The van der Waals surface area contributed by atoms with Gasteiger partial charge in [0.05, 0.1) is 22.7 Å². The highest BCUT2D eigenvalue weighted by Crippen LogP contribution is 2.52. The summed E-state index contributed by atoms with van der Waals surface area (Å²) in [6, 6.07) is 6.18. The first-order valence-corrected chi connectivity index (χ1v) is 7.89. The minimum Gasteiger partial charge on any atom is -0.465 e. The first-order chi connectivity index (χ1) is 10.2. The SMILES string of the molecule is CCOC(=O)C1(c2nc3cccc(Cl)c3n2C2CC2)CC1. The summed E-state index contributed by atoms with van der Waals surface area (Å²) in [4.78, 5) is 17.1. The number of carbonyl (C=O) groups excluding carboxylic acids is 1. The van der Waals surface area contributed by atoms with Gasteiger partial charge in [0, 0.05) is 6.04 Å². The van der Waals surface area contributed by atoms with Gasteiger partial charge < -0.3 is 9.30 Å². The summed E-state index contributed by atoms with van der Waals surface area (Å²) in [5, 5.41) is 0.706. The second-order valence-electron chi connectivity index (χ2n) is 5.95. The molecule has 4 nitrogen and oxygen atoms in total. The number of nitrogens with zero attached hydrogens (tertiary/aromatic N) is 2. The molecule has 2 saturated carbocycles. The Morgan fingerprint density at radius 3 is 2.86 bits per heavy atom. The maximum Gasteiger partial charge on any atom is 0.319 e. The second kappa shape index (κ2) is 4.47. The number of ether oxygens (including phenoxy) is 1. The van der Waals surface area contributed by atoms with Crippen LogP contribution in [-0.2, 0) is 14.9 Å². The number of esters is 1. The van der Waals surface area contributed by atoms with Gasteiger partial charge in [-0.25, -0.2) is 4.98 Å². The van der Waals surface area contributed by atoms with E-state index in [0.29, 0.717) is 17.7 Å². The third-order valence-electron chi connectivity index (χ3n) is 4.42. The van der Waals surface area contributed by atoms with Crippen molar-refractivity contribution in [2.45, 2.75) is 44.1 Å². The Hall–Kier alpha value is -1.55. The van der Waals surface area contributed by atoms with Crippen LogP contribution in [0, 0.1) is 0 Å². The molecule has 0 bridgehead atoms. The summed E-state index contributed by atoms with van der Waals surface area (Å²) in [6.07, 6.45) is 3.89. The number of halogens is 1. The lowest BCUT2D eigenvalue weighted by atomic mass is 10.1. The standard InChI is InChI=1S/C16H17ClN2O2/c1-2-21-15(20)16(8-9-16)14-18-12-5-3-4-11(17)13(12)19(14)10-6-7-10/h3-5,10H,2,6-9H2,1H3. The van der Waals surface area contributed by atoms with Crippen LogP contribution < -0.4 is 0 Å².